The van der Waals surface area contributed by atoms with Crippen LogP contribution >= 0.6 is 0 Å². The third-order valence-corrected chi connectivity index (χ3v) is 6.74. The quantitative estimate of drug-likeness (QED) is 0.350. The molecule has 7 nitrogen and oxygen atoms in total. The maximum Gasteiger partial charge on any atom is 0.229 e. The van der Waals surface area contributed by atoms with Crippen LogP contribution < -0.4 is 11.1 Å². The van der Waals surface area contributed by atoms with Crippen LogP contribution in [0.3, 0.4) is 0 Å². The lowest BCUT2D eigenvalue weighted by Crippen LogP contribution is -2.31. The van der Waals surface area contributed by atoms with Crippen LogP contribution in [0.15, 0.2) is 48.9 Å². The highest BCUT2D eigenvalue weighted by Gasteiger charge is 2.27. The van der Waals surface area contributed by atoms with Crippen molar-refractivity contribution in [2.24, 2.45) is 11.7 Å². The predicted octanol–water partition coefficient (Wildman–Crippen LogP) is 5.58. The molecule has 1 aliphatic carbocycles. The van der Waals surface area contributed by atoms with Gasteiger partial charge in [-0.15, -0.1) is 0 Å². The van der Waals surface area contributed by atoms with Gasteiger partial charge in [-0.05, 0) is 79.5 Å². The van der Waals surface area contributed by atoms with Crippen molar-refractivity contribution in [3.63, 3.8) is 0 Å². The molecule has 1 unspecified atom stereocenters. The summed E-state index contributed by atoms with van der Waals surface area (Å²) in [6.45, 7) is 4.67. The number of nitrogens with two attached hydrogens (primary N) is 1. The Morgan fingerprint density at radius 3 is 2.67 bits per heavy atom. The number of halogens is 2. The van der Waals surface area contributed by atoms with Crippen LogP contribution in [0.4, 0.5) is 20.4 Å². The minimum Gasteiger partial charge on any atom is -0.377 e. The first-order valence-corrected chi connectivity index (χ1v) is 12.3. The van der Waals surface area contributed by atoms with Crippen molar-refractivity contribution in [1.82, 2.24) is 19.6 Å². The predicted molar refractivity (Wildman–Crippen MR) is 135 cm³/mol. The van der Waals surface area contributed by atoms with E-state index in [1.54, 1.807) is 35.2 Å². The van der Waals surface area contributed by atoms with Gasteiger partial charge in [-0.25, -0.2) is 13.8 Å². The average Bonchev–Trinajstić information content (AvgIpc) is 3.24. The first kappa shape index (κ1) is 24.3. The van der Waals surface area contributed by atoms with E-state index in [4.69, 9.17) is 10.5 Å². The third-order valence-electron chi connectivity index (χ3n) is 6.74. The molecular formula is C27H30F2N6O. The van der Waals surface area contributed by atoms with Crippen molar-refractivity contribution in [2.75, 3.05) is 11.9 Å². The summed E-state index contributed by atoms with van der Waals surface area (Å²) in [5, 5.41) is 7.87. The summed E-state index contributed by atoms with van der Waals surface area (Å²) >= 11 is 0. The first-order chi connectivity index (χ1) is 17.4. The third kappa shape index (κ3) is 4.94. The number of pyridine rings is 1. The normalized spacial score (nSPS) is 20.1. The van der Waals surface area contributed by atoms with E-state index in [1.807, 2.05) is 13.0 Å². The maximum atomic E-state index is 14.9. The fourth-order valence-corrected chi connectivity index (χ4v) is 5.17. The zero-order chi connectivity index (χ0) is 25.2. The van der Waals surface area contributed by atoms with E-state index in [-0.39, 0.29) is 23.9 Å². The van der Waals surface area contributed by atoms with Crippen LogP contribution in [0.2, 0.25) is 0 Å². The van der Waals surface area contributed by atoms with Gasteiger partial charge in [-0.1, -0.05) is 6.92 Å². The number of anilines is 2. The molecule has 3 N–H and O–H groups in total. The van der Waals surface area contributed by atoms with Crippen LogP contribution in [0.5, 0.6) is 0 Å². The largest absolute Gasteiger partial charge is 0.377 e. The number of rotatable bonds is 7. The van der Waals surface area contributed by atoms with E-state index in [9.17, 15) is 8.78 Å². The maximum absolute atomic E-state index is 14.9. The number of ether oxygens (including phenoxy) is 1. The molecule has 3 aromatic heterocycles. The average molecular weight is 493 g/mol. The molecule has 9 heteroatoms. The van der Waals surface area contributed by atoms with Crippen molar-refractivity contribution < 1.29 is 13.5 Å². The fraction of sp³-hybridized carbons (Fsp3) is 0.370. The van der Waals surface area contributed by atoms with Gasteiger partial charge in [0.2, 0.25) is 5.95 Å². The van der Waals surface area contributed by atoms with Gasteiger partial charge >= 0.3 is 0 Å². The van der Waals surface area contributed by atoms with Crippen molar-refractivity contribution >= 4 is 17.2 Å². The molecule has 4 aromatic rings. The van der Waals surface area contributed by atoms with Gasteiger partial charge in [-0.3, -0.25) is 4.98 Å². The summed E-state index contributed by atoms with van der Waals surface area (Å²) < 4.78 is 36.7. The summed E-state index contributed by atoms with van der Waals surface area (Å²) in [6, 6.07) is 8.07. The molecule has 1 fully saturated rings. The van der Waals surface area contributed by atoms with E-state index < -0.39 is 11.6 Å². The van der Waals surface area contributed by atoms with Gasteiger partial charge in [0.25, 0.3) is 0 Å². The molecular weight excluding hydrogens is 462 g/mol. The van der Waals surface area contributed by atoms with E-state index >= 15 is 0 Å². The number of benzene rings is 1. The van der Waals surface area contributed by atoms with Crippen molar-refractivity contribution in [3.05, 3.63) is 71.7 Å². The number of aromatic nitrogens is 4. The summed E-state index contributed by atoms with van der Waals surface area (Å²) in [6.07, 6.45) is 8.20. The van der Waals surface area contributed by atoms with Crippen LogP contribution in [0, 0.1) is 17.6 Å². The standard InChI is InChI=1S/C27H30F2N6O/c1-3-36-15-17-10-22(28)26(23(29)11-17)24-5-4-20-13-32-27(35(20)34-24)33-25-14-31-7-6-21(25)18-8-16(2)9-19(30)12-18/h4-7,10-11,13-14,16,18-19H,3,8-9,12,15,30H2,1-2H3,(H,32,33)/t16-,18?,19-/m0/s1. The Morgan fingerprint density at radius 1 is 1.11 bits per heavy atom. The van der Waals surface area contributed by atoms with Crippen LogP contribution in [-0.4, -0.2) is 32.2 Å². The molecule has 36 heavy (non-hydrogen) atoms. The topological polar surface area (TPSA) is 90.4 Å². The Morgan fingerprint density at radius 2 is 1.92 bits per heavy atom. The van der Waals surface area contributed by atoms with E-state index in [2.05, 4.69) is 27.3 Å². The number of nitrogens with one attached hydrogen (secondary N) is 1. The molecule has 0 spiro atoms. The van der Waals surface area contributed by atoms with Crippen LogP contribution in [-0.2, 0) is 11.3 Å². The second-order valence-corrected chi connectivity index (χ2v) is 9.57. The van der Waals surface area contributed by atoms with Gasteiger partial charge in [0, 0.05) is 18.8 Å². The molecule has 188 valence electrons. The lowest BCUT2D eigenvalue weighted by Gasteiger charge is -2.32. The van der Waals surface area contributed by atoms with Crippen LogP contribution in [0.25, 0.3) is 16.8 Å². The Hall–Kier alpha value is -3.43. The molecule has 0 radical (unpaired) electrons. The molecule has 5 rings (SSSR count). The zero-order valence-electron chi connectivity index (χ0n) is 20.4. The van der Waals surface area contributed by atoms with E-state index in [0.717, 1.165) is 30.5 Å². The number of imidazole rings is 1. The van der Waals surface area contributed by atoms with Crippen molar-refractivity contribution in [2.45, 2.75) is 51.7 Å². The monoisotopic (exact) mass is 492 g/mol. The number of hydrogen-bond acceptors (Lipinski definition) is 6. The highest BCUT2D eigenvalue weighted by Crippen LogP contribution is 2.39. The zero-order valence-corrected chi connectivity index (χ0v) is 20.4. The number of hydrogen-bond donors (Lipinski definition) is 2. The summed E-state index contributed by atoms with van der Waals surface area (Å²) in [4.78, 5) is 8.76. The lowest BCUT2D eigenvalue weighted by molar-refractivity contribution is 0.133. The van der Waals surface area contributed by atoms with Gasteiger partial charge < -0.3 is 15.8 Å². The summed E-state index contributed by atoms with van der Waals surface area (Å²) in [5.74, 6) is -0.0987. The highest BCUT2D eigenvalue weighted by atomic mass is 19.1. The molecule has 3 atom stereocenters. The van der Waals surface area contributed by atoms with Crippen molar-refractivity contribution in [1.29, 1.82) is 0 Å². The van der Waals surface area contributed by atoms with Gasteiger partial charge in [0.1, 0.15) is 11.6 Å². The molecule has 1 aromatic carbocycles. The first-order valence-electron chi connectivity index (χ1n) is 12.3. The second-order valence-electron chi connectivity index (χ2n) is 9.57. The van der Waals surface area contributed by atoms with E-state index in [1.165, 1.54) is 12.1 Å². The molecule has 3 heterocycles. The van der Waals surface area contributed by atoms with Crippen LogP contribution in [0.1, 0.15) is 50.2 Å². The molecule has 0 bridgehead atoms. The molecule has 0 amide bonds. The SMILES string of the molecule is CCOCc1cc(F)c(-c2ccc3cnc(Nc4cnccc4C4C[C@H](C)C[C@H](N)C4)n3n2)c(F)c1. The Labute approximate surface area is 208 Å². The molecule has 1 saturated carbocycles. The van der Waals surface area contributed by atoms with Crippen molar-refractivity contribution in [3.8, 4) is 11.3 Å². The fourth-order valence-electron chi connectivity index (χ4n) is 5.17. The minimum atomic E-state index is -0.691. The highest BCUT2D eigenvalue weighted by molar-refractivity contribution is 5.66. The van der Waals surface area contributed by atoms with E-state index in [0.29, 0.717) is 35.5 Å². The minimum absolute atomic E-state index is 0.144. The lowest BCUT2D eigenvalue weighted by atomic mass is 9.76. The molecule has 1 aliphatic rings. The Balaban J connectivity index is 1.48. The van der Waals surface area contributed by atoms with Gasteiger partial charge in [0.05, 0.1) is 41.5 Å². The number of fused-ring (bicyclic) bond motifs is 1. The second kappa shape index (κ2) is 10.3. The Bertz CT molecular complexity index is 1340. The Kier molecular flexibility index (Phi) is 6.93. The number of nitrogens with zero attached hydrogens (tertiary/aromatic N) is 4. The smallest absolute Gasteiger partial charge is 0.229 e. The van der Waals surface area contributed by atoms with Gasteiger partial charge in [-0.2, -0.15) is 9.61 Å². The molecule has 0 saturated heterocycles. The van der Waals surface area contributed by atoms with Gasteiger partial charge in [0.15, 0.2) is 0 Å². The molecule has 0 aliphatic heterocycles. The summed E-state index contributed by atoms with van der Waals surface area (Å²) in [5.41, 5.74) is 9.36. The summed E-state index contributed by atoms with van der Waals surface area (Å²) in [7, 11) is 0.